The molecule has 1 amide bonds. The molecule has 1 aliphatic heterocycles. The third-order valence-electron chi connectivity index (χ3n) is 3.22. The standard InChI is InChI=1S/C12H13BClNO/c1-8-6-15(12(13)16)7-11(8)9-2-4-10(14)5-3-9/h2-5,8,11H,6-7H2,1H3. The van der Waals surface area contributed by atoms with Crippen molar-refractivity contribution in [3.8, 4) is 0 Å². The van der Waals surface area contributed by atoms with E-state index in [4.69, 9.17) is 19.4 Å². The van der Waals surface area contributed by atoms with E-state index in [-0.39, 0.29) is 5.81 Å². The molecule has 0 aliphatic carbocycles. The van der Waals surface area contributed by atoms with Gasteiger partial charge < -0.3 is 4.90 Å². The SMILES string of the molecule is [B]C(=O)N1CC(C)C(c2ccc(Cl)cc2)C1. The maximum atomic E-state index is 11.1. The van der Waals surface area contributed by atoms with Crippen molar-refractivity contribution < 1.29 is 4.79 Å². The summed E-state index contributed by atoms with van der Waals surface area (Å²) in [6.45, 7) is 3.59. The van der Waals surface area contributed by atoms with Gasteiger partial charge in [-0.15, -0.1) is 0 Å². The Morgan fingerprint density at radius 1 is 1.38 bits per heavy atom. The molecule has 0 N–H and O–H groups in total. The van der Waals surface area contributed by atoms with Gasteiger partial charge in [-0.3, -0.25) is 4.79 Å². The predicted octanol–water partition coefficient (Wildman–Crippen LogP) is 2.66. The van der Waals surface area contributed by atoms with Crippen molar-refractivity contribution in [2.75, 3.05) is 13.1 Å². The molecule has 1 heterocycles. The molecule has 1 aromatic carbocycles. The molecule has 1 saturated heterocycles. The van der Waals surface area contributed by atoms with Crippen LogP contribution in [0, 0.1) is 5.92 Å². The van der Waals surface area contributed by atoms with Crippen molar-refractivity contribution >= 4 is 25.3 Å². The second-order valence-electron chi connectivity index (χ2n) is 4.38. The molecular weight excluding hydrogens is 220 g/mol. The van der Waals surface area contributed by atoms with Crippen LogP contribution in [0.4, 0.5) is 4.79 Å². The summed E-state index contributed by atoms with van der Waals surface area (Å²) >= 11 is 5.85. The van der Waals surface area contributed by atoms with E-state index in [2.05, 4.69) is 6.92 Å². The van der Waals surface area contributed by atoms with Crippen LogP contribution in [0.15, 0.2) is 24.3 Å². The van der Waals surface area contributed by atoms with Gasteiger partial charge in [0.05, 0.1) is 0 Å². The zero-order chi connectivity index (χ0) is 11.7. The average Bonchev–Trinajstić information content (AvgIpc) is 2.62. The molecule has 0 bridgehead atoms. The minimum absolute atomic E-state index is 0.330. The fraction of sp³-hybridized carbons (Fsp3) is 0.417. The highest BCUT2D eigenvalue weighted by atomic mass is 35.5. The van der Waals surface area contributed by atoms with Gasteiger partial charge in [-0.2, -0.15) is 0 Å². The van der Waals surface area contributed by atoms with Crippen LogP contribution in [0.2, 0.25) is 5.02 Å². The lowest BCUT2D eigenvalue weighted by molar-refractivity contribution is 0.230. The lowest BCUT2D eigenvalue weighted by Crippen LogP contribution is -2.27. The number of likely N-dealkylation sites (tertiary alicyclic amines) is 1. The first-order valence-electron chi connectivity index (χ1n) is 5.38. The lowest BCUT2D eigenvalue weighted by atomic mass is 9.90. The Hall–Kier alpha value is -0.955. The molecule has 0 saturated carbocycles. The molecule has 1 aliphatic rings. The Morgan fingerprint density at radius 2 is 2.00 bits per heavy atom. The van der Waals surface area contributed by atoms with Crippen LogP contribution in [0.1, 0.15) is 18.4 Å². The van der Waals surface area contributed by atoms with Gasteiger partial charge >= 0.3 is 0 Å². The minimum atomic E-state index is -0.330. The van der Waals surface area contributed by atoms with Gasteiger partial charge in [-0.1, -0.05) is 30.7 Å². The van der Waals surface area contributed by atoms with Gasteiger partial charge in [-0.25, -0.2) is 0 Å². The smallest absolute Gasteiger partial charge is 0.200 e. The highest BCUT2D eigenvalue weighted by molar-refractivity contribution is 6.56. The van der Waals surface area contributed by atoms with E-state index in [1.165, 1.54) is 5.56 Å². The zero-order valence-corrected chi connectivity index (χ0v) is 9.95. The predicted molar refractivity (Wildman–Crippen MR) is 66.1 cm³/mol. The molecule has 2 radical (unpaired) electrons. The average molecular weight is 234 g/mol. The number of rotatable bonds is 1. The first-order chi connectivity index (χ1) is 7.58. The first-order valence-corrected chi connectivity index (χ1v) is 5.75. The second-order valence-corrected chi connectivity index (χ2v) is 4.81. The number of amides is 1. The van der Waals surface area contributed by atoms with E-state index in [0.717, 1.165) is 11.6 Å². The number of hydrogen-bond donors (Lipinski definition) is 0. The Labute approximate surface area is 102 Å². The van der Waals surface area contributed by atoms with Gasteiger partial charge in [0.2, 0.25) is 7.85 Å². The van der Waals surface area contributed by atoms with Gasteiger partial charge in [0.1, 0.15) is 0 Å². The van der Waals surface area contributed by atoms with Crippen LogP contribution < -0.4 is 0 Å². The zero-order valence-electron chi connectivity index (χ0n) is 9.19. The van der Waals surface area contributed by atoms with Crippen LogP contribution in [0.3, 0.4) is 0 Å². The highest BCUT2D eigenvalue weighted by Crippen LogP contribution is 2.32. The third-order valence-corrected chi connectivity index (χ3v) is 3.47. The maximum Gasteiger partial charge on any atom is 0.200 e. The number of carbonyl (C=O) groups excluding carboxylic acids is 1. The van der Waals surface area contributed by atoms with Crippen LogP contribution in [0.25, 0.3) is 0 Å². The molecule has 2 rings (SSSR count). The minimum Gasteiger partial charge on any atom is -0.352 e. The molecule has 82 valence electrons. The summed E-state index contributed by atoms with van der Waals surface area (Å²) in [5, 5.41) is 0.737. The highest BCUT2D eigenvalue weighted by Gasteiger charge is 2.31. The summed E-state index contributed by atoms with van der Waals surface area (Å²) in [5.74, 6) is 0.474. The summed E-state index contributed by atoms with van der Waals surface area (Å²) < 4.78 is 0. The van der Waals surface area contributed by atoms with Gasteiger partial charge in [0.25, 0.3) is 0 Å². The fourth-order valence-corrected chi connectivity index (χ4v) is 2.42. The maximum absolute atomic E-state index is 11.1. The number of halogens is 1. The molecule has 2 nitrogen and oxygen atoms in total. The van der Waals surface area contributed by atoms with Gasteiger partial charge in [0.15, 0.2) is 5.81 Å². The Morgan fingerprint density at radius 3 is 2.50 bits per heavy atom. The van der Waals surface area contributed by atoms with Crippen molar-refractivity contribution in [3.63, 3.8) is 0 Å². The molecule has 16 heavy (non-hydrogen) atoms. The molecule has 1 aromatic rings. The lowest BCUT2D eigenvalue weighted by Gasteiger charge is -2.15. The largest absolute Gasteiger partial charge is 0.352 e. The Kier molecular flexibility index (Phi) is 3.24. The first kappa shape index (κ1) is 11.5. The number of nitrogens with zero attached hydrogens (tertiary/aromatic N) is 1. The summed E-state index contributed by atoms with van der Waals surface area (Å²) in [6, 6.07) is 7.81. The van der Waals surface area contributed by atoms with E-state index < -0.39 is 0 Å². The molecule has 2 atom stereocenters. The molecule has 4 heteroatoms. The van der Waals surface area contributed by atoms with E-state index in [0.29, 0.717) is 18.4 Å². The molecule has 1 fully saturated rings. The van der Waals surface area contributed by atoms with Crippen molar-refractivity contribution in [2.45, 2.75) is 12.8 Å². The fourth-order valence-electron chi connectivity index (χ4n) is 2.29. The number of carbonyl (C=O) groups is 1. The van der Waals surface area contributed by atoms with E-state index >= 15 is 0 Å². The molecule has 0 spiro atoms. The Bertz CT molecular complexity index is 393. The van der Waals surface area contributed by atoms with Crippen LogP contribution >= 0.6 is 11.6 Å². The molecule has 2 unspecified atom stereocenters. The molecular formula is C12H13BClNO. The van der Waals surface area contributed by atoms with Gasteiger partial charge in [-0.05, 0) is 23.6 Å². The number of hydrogen-bond acceptors (Lipinski definition) is 1. The van der Waals surface area contributed by atoms with Crippen molar-refractivity contribution in [1.29, 1.82) is 0 Å². The Balaban J connectivity index is 2.16. The van der Waals surface area contributed by atoms with E-state index in [1.54, 1.807) is 4.90 Å². The number of benzene rings is 1. The van der Waals surface area contributed by atoms with Crippen molar-refractivity contribution in [3.05, 3.63) is 34.9 Å². The summed E-state index contributed by atoms with van der Waals surface area (Å²) in [6.07, 6.45) is 0. The van der Waals surface area contributed by atoms with E-state index in [9.17, 15) is 4.79 Å². The third kappa shape index (κ3) is 2.24. The van der Waals surface area contributed by atoms with E-state index in [1.807, 2.05) is 24.3 Å². The summed E-state index contributed by atoms with van der Waals surface area (Å²) in [5.41, 5.74) is 1.22. The van der Waals surface area contributed by atoms with Crippen molar-refractivity contribution in [1.82, 2.24) is 4.90 Å². The summed E-state index contributed by atoms with van der Waals surface area (Å²) in [7, 11) is 5.29. The van der Waals surface area contributed by atoms with Crippen LogP contribution in [0.5, 0.6) is 0 Å². The quantitative estimate of drug-likeness (QED) is 0.683. The van der Waals surface area contributed by atoms with Crippen molar-refractivity contribution in [2.24, 2.45) is 5.92 Å². The normalized spacial score (nSPS) is 24.8. The topological polar surface area (TPSA) is 20.3 Å². The van der Waals surface area contributed by atoms with Crippen LogP contribution in [-0.2, 0) is 0 Å². The van der Waals surface area contributed by atoms with Crippen LogP contribution in [-0.4, -0.2) is 31.6 Å². The summed E-state index contributed by atoms with van der Waals surface area (Å²) in [4.78, 5) is 12.8. The monoisotopic (exact) mass is 233 g/mol. The second kappa shape index (κ2) is 4.50. The molecule has 0 aromatic heterocycles. The van der Waals surface area contributed by atoms with Gasteiger partial charge in [0, 0.05) is 24.0 Å².